The van der Waals surface area contributed by atoms with Crippen LogP contribution in [0.15, 0.2) is 35.5 Å². The first-order chi connectivity index (χ1) is 14.4. The lowest BCUT2D eigenvalue weighted by Crippen LogP contribution is -2.42. The minimum absolute atomic E-state index is 0.174. The average Bonchev–Trinajstić information content (AvgIpc) is 3.14. The SMILES string of the molecule is CC(C)(Cn1cc(-c2ccc([N+](=O)[O-])cc2S(N)(=O)=O)cn1)C1CCN(C(=O)O)CC1. The molecule has 1 amide bonds. The third-order valence-electron chi connectivity index (χ3n) is 5.87. The van der Waals surface area contributed by atoms with E-state index in [4.69, 9.17) is 10.2 Å². The van der Waals surface area contributed by atoms with Crippen LogP contribution in [0.1, 0.15) is 26.7 Å². The van der Waals surface area contributed by atoms with Crippen LogP contribution in [0.3, 0.4) is 0 Å². The number of sulfonamides is 1. The maximum atomic E-state index is 12.0. The van der Waals surface area contributed by atoms with E-state index >= 15 is 0 Å². The molecule has 3 rings (SSSR count). The number of primary sulfonamides is 1. The summed E-state index contributed by atoms with van der Waals surface area (Å²) < 4.78 is 25.7. The molecule has 168 valence electrons. The minimum atomic E-state index is -4.19. The van der Waals surface area contributed by atoms with Gasteiger partial charge in [-0.2, -0.15) is 5.10 Å². The molecule has 2 aromatic rings. The monoisotopic (exact) mass is 451 g/mol. The molecule has 0 bridgehead atoms. The van der Waals surface area contributed by atoms with Gasteiger partial charge in [-0.1, -0.05) is 13.8 Å². The van der Waals surface area contributed by atoms with Crippen molar-refractivity contribution in [2.45, 2.75) is 38.1 Å². The first-order valence-corrected chi connectivity index (χ1v) is 11.2. The number of nitro groups is 1. The zero-order valence-electron chi connectivity index (χ0n) is 17.3. The maximum absolute atomic E-state index is 12.0. The molecular formula is C19H25N5O6S. The zero-order valence-corrected chi connectivity index (χ0v) is 18.1. The van der Waals surface area contributed by atoms with Gasteiger partial charge < -0.3 is 10.0 Å². The summed E-state index contributed by atoms with van der Waals surface area (Å²) in [5.41, 5.74) is 0.183. The number of rotatable bonds is 6. The fourth-order valence-corrected chi connectivity index (χ4v) is 4.86. The fourth-order valence-electron chi connectivity index (χ4n) is 4.09. The molecule has 1 aromatic heterocycles. The molecule has 1 saturated heterocycles. The van der Waals surface area contributed by atoms with Gasteiger partial charge in [0.05, 0.1) is 16.0 Å². The van der Waals surface area contributed by atoms with Gasteiger partial charge in [0.15, 0.2) is 0 Å². The highest BCUT2D eigenvalue weighted by molar-refractivity contribution is 7.89. The first-order valence-electron chi connectivity index (χ1n) is 9.70. The van der Waals surface area contributed by atoms with E-state index in [9.17, 15) is 23.3 Å². The smallest absolute Gasteiger partial charge is 0.407 e. The van der Waals surface area contributed by atoms with Gasteiger partial charge in [-0.15, -0.1) is 0 Å². The molecule has 31 heavy (non-hydrogen) atoms. The van der Waals surface area contributed by atoms with E-state index in [1.807, 2.05) is 0 Å². The fraction of sp³-hybridized carbons (Fsp3) is 0.474. The number of piperidine rings is 1. The van der Waals surface area contributed by atoms with Crippen LogP contribution in [0.5, 0.6) is 0 Å². The third kappa shape index (κ3) is 5.02. The van der Waals surface area contributed by atoms with Crippen molar-refractivity contribution < 1.29 is 23.2 Å². The third-order valence-corrected chi connectivity index (χ3v) is 6.82. The number of amides is 1. The summed E-state index contributed by atoms with van der Waals surface area (Å²) in [5.74, 6) is 0.301. The Hall–Kier alpha value is -2.99. The lowest BCUT2D eigenvalue weighted by atomic mass is 9.73. The van der Waals surface area contributed by atoms with E-state index in [-0.39, 0.29) is 21.6 Å². The van der Waals surface area contributed by atoms with Crippen molar-refractivity contribution in [2.24, 2.45) is 16.5 Å². The summed E-state index contributed by atoms with van der Waals surface area (Å²) in [5, 5.41) is 29.8. The van der Waals surface area contributed by atoms with Crippen LogP contribution in [0, 0.1) is 21.4 Å². The number of aromatic nitrogens is 2. The van der Waals surface area contributed by atoms with Crippen LogP contribution in [0.4, 0.5) is 10.5 Å². The molecule has 0 unspecified atom stereocenters. The van der Waals surface area contributed by atoms with Gasteiger partial charge in [0, 0.05) is 49.1 Å². The van der Waals surface area contributed by atoms with Crippen molar-refractivity contribution in [1.29, 1.82) is 0 Å². The number of non-ortho nitro benzene ring substituents is 1. The molecule has 11 nitrogen and oxygen atoms in total. The predicted molar refractivity (Wildman–Crippen MR) is 112 cm³/mol. The Morgan fingerprint density at radius 1 is 1.35 bits per heavy atom. The Balaban J connectivity index is 1.82. The summed E-state index contributed by atoms with van der Waals surface area (Å²) in [6.07, 6.45) is 3.79. The summed E-state index contributed by atoms with van der Waals surface area (Å²) in [4.78, 5) is 22.5. The summed E-state index contributed by atoms with van der Waals surface area (Å²) in [6, 6.07) is 3.52. The Bertz CT molecular complexity index is 1100. The molecule has 12 heteroatoms. The van der Waals surface area contributed by atoms with Crippen LogP contribution in [0.25, 0.3) is 11.1 Å². The second-order valence-electron chi connectivity index (χ2n) is 8.44. The van der Waals surface area contributed by atoms with Crippen molar-refractivity contribution in [3.63, 3.8) is 0 Å². The number of nitrogens with zero attached hydrogens (tertiary/aromatic N) is 4. The average molecular weight is 452 g/mol. The van der Waals surface area contributed by atoms with Gasteiger partial charge in [-0.05, 0) is 30.2 Å². The number of likely N-dealkylation sites (tertiary alicyclic amines) is 1. The second kappa shape index (κ2) is 8.27. The van der Waals surface area contributed by atoms with E-state index in [0.717, 1.165) is 18.9 Å². The predicted octanol–water partition coefficient (Wildman–Crippen LogP) is 2.52. The van der Waals surface area contributed by atoms with E-state index < -0.39 is 21.0 Å². The molecule has 0 radical (unpaired) electrons. The van der Waals surface area contributed by atoms with E-state index in [2.05, 4.69) is 18.9 Å². The van der Waals surface area contributed by atoms with Crippen LogP contribution < -0.4 is 5.14 Å². The molecule has 0 spiro atoms. The van der Waals surface area contributed by atoms with Crippen molar-refractivity contribution in [1.82, 2.24) is 14.7 Å². The normalized spacial score (nSPS) is 15.8. The Morgan fingerprint density at radius 2 is 2.00 bits per heavy atom. The van der Waals surface area contributed by atoms with Gasteiger partial charge in [-0.3, -0.25) is 14.8 Å². The van der Waals surface area contributed by atoms with Crippen LogP contribution in [-0.2, 0) is 16.6 Å². The van der Waals surface area contributed by atoms with Gasteiger partial charge in [0.25, 0.3) is 5.69 Å². The van der Waals surface area contributed by atoms with E-state index in [1.54, 1.807) is 10.9 Å². The highest BCUT2D eigenvalue weighted by atomic mass is 32.2. The molecule has 0 aliphatic carbocycles. The number of carboxylic acid groups (broad SMARTS) is 1. The van der Waals surface area contributed by atoms with Crippen LogP contribution >= 0.6 is 0 Å². The molecular weight excluding hydrogens is 426 g/mol. The molecule has 1 aliphatic heterocycles. The van der Waals surface area contributed by atoms with Crippen LogP contribution in [-0.4, -0.2) is 52.3 Å². The Kier molecular flexibility index (Phi) is 6.05. The molecule has 1 fully saturated rings. The number of hydrogen-bond donors (Lipinski definition) is 2. The van der Waals surface area contributed by atoms with E-state index in [0.29, 0.717) is 31.1 Å². The van der Waals surface area contributed by atoms with Gasteiger partial charge in [0.1, 0.15) is 0 Å². The molecule has 3 N–H and O–H groups in total. The molecule has 0 saturated carbocycles. The lowest BCUT2D eigenvalue weighted by molar-refractivity contribution is -0.385. The van der Waals surface area contributed by atoms with Crippen molar-refractivity contribution in [3.8, 4) is 11.1 Å². The van der Waals surface area contributed by atoms with Gasteiger partial charge >= 0.3 is 6.09 Å². The zero-order chi connectivity index (χ0) is 23.0. The topological polar surface area (TPSA) is 162 Å². The molecule has 0 atom stereocenters. The molecule has 1 aliphatic rings. The second-order valence-corrected chi connectivity index (χ2v) is 9.97. The maximum Gasteiger partial charge on any atom is 0.407 e. The number of benzene rings is 1. The van der Waals surface area contributed by atoms with Crippen LogP contribution in [0.2, 0.25) is 0 Å². The summed E-state index contributed by atoms with van der Waals surface area (Å²) >= 11 is 0. The Labute approximate surface area is 179 Å². The highest BCUT2D eigenvalue weighted by Gasteiger charge is 2.34. The number of hydrogen-bond acceptors (Lipinski definition) is 6. The number of nitrogens with two attached hydrogens (primary N) is 1. The quantitative estimate of drug-likeness (QED) is 0.503. The van der Waals surface area contributed by atoms with Crippen molar-refractivity contribution in [2.75, 3.05) is 13.1 Å². The standard InChI is InChI=1S/C19H25N5O6S/c1-19(2,14-5-7-22(8-6-14)18(25)26)12-23-11-13(10-21-23)16-4-3-15(24(27)28)9-17(16)31(20,29)30/h3-4,9-11,14H,5-8,12H2,1-2H3,(H,25,26)(H2,20,29,30). The Morgan fingerprint density at radius 3 is 2.55 bits per heavy atom. The summed E-state index contributed by atoms with van der Waals surface area (Å²) in [7, 11) is -4.19. The van der Waals surface area contributed by atoms with Crippen molar-refractivity contribution in [3.05, 3.63) is 40.7 Å². The molecule has 1 aromatic carbocycles. The van der Waals surface area contributed by atoms with Gasteiger partial charge in [-0.25, -0.2) is 18.4 Å². The first kappa shape index (κ1) is 22.7. The largest absolute Gasteiger partial charge is 0.465 e. The van der Waals surface area contributed by atoms with E-state index in [1.165, 1.54) is 23.2 Å². The van der Waals surface area contributed by atoms with Gasteiger partial charge in [0.2, 0.25) is 10.0 Å². The number of nitro benzene ring substituents is 1. The summed E-state index contributed by atoms with van der Waals surface area (Å²) in [6.45, 7) is 5.72. The highest BCUT2D eigenvalue weighted by Crippen LogP contribution is 2.37. The molecule has 2 heterocycles. The van der Waals surface area contributed by atoms with Crippen molar-refractivity contribution >= 4 is 21.8 Å². The number of carbonyl (C=O) groups is 1. The lowest BCUT2D eigenvalue weighted by Gasteiger charge is -2.39. The minimum Gasteiger partial charge on any atom is -0.465 e.